The van der Waals surface area contributed by atoms with Crippen LogP contribution in [0.25, 0.3) is 0 Å². The van der Waals surface area contributed by atoms with Crippen LogP contribution in [0.5, 0.6) is 0 Å². The highest BCUT2D eigenvalue weighted by Crippen LogP contribution is 2.29. The van der Waals surface area contributed by atoms with Crippen molar-refractivity contribution < 1.29 is 24.2 Å². The number of unbranched alkanes of at least 4 members (excludes halogenated alkanes) is 1. The van der Waals surface area contributed by atoms with Gasteiger partial charge in [-0.15, -0.1) is 13.2 Å². The van der Waals surface area contributed by atoms with Crippen LogP contribution in [0.1, 0.15) is 69.5 Å². The molecule has 2 amide bonds. The molecule has 0 unspecified atom stereocenters. The van der Waals surface area contributed by atoms with Gasteiger partial charge in [0.15, 0.2) is 0 Å². The van der Waals surface area contributed by atoms with E-state index < -0.39 is 17.6 Å². The Bertz CT molecular complexity index is 818. The fourth-order valence-electron chi connectivity index (χ4n) is 4.27. The molecule has 2 rings (SSSR count). The molecule has 7 nitrogen and oxygen atoms in total. The number of carbonyl (C=O) groups excluding carboxylic acids is 3. The number of rotatable bonds is 15. The second-order valence-electron chi connectivity index (χ2n) is 8.93. The van der Waals surface area contributed by atoms with E-state index in [9.17, 15) is 19.5 Å². The summed E-state index contributed by atoms with van der Waals surface area (Å²) >= 11 is 0. The summed E-state index contributed by atoms with van der Waals surface area (Å²) < 4.78 is 5.66. The first-order valence-electron chi connectivity index (χ1n) is 12.1. The molecule has 0 aliphatic heterocycles. The quantitative estimate of drug-likeness (QED) is 0.206. The maximum atomic E-state index is 12.9. The van der Waals surface area contributed by atoms with Crippen LogP contribution in [-0.4, -0.2) is 41.6 Å². The lowest BCUT2D eigenvalue weighted by atomic mass is 9.95. The van der Waals surface area contributed by atoms with E-state index in [-0.39, 0.29) is 43.8 Å². The largest absolute Gasteiger partial charge is 0.456 e. The van der Waals surface area contributed by atoms with Crippen molar-refractivity contribution in [3.63, 3.8) is 0 Å². The highest BCUT2D eigenvalue weighted by atomic mass is 16.5. The van der Waals surface area contributed by atoms with Gasteiger partial charge >= 0.3 is 5.97 Å². The number of esters is 1. The molecule has 0 aromatic heterocycles. The van der Waals surface area contributed by atoms with Crippen molar-refractivity contribution in [2.45, 2.75) is 69.4 Å². The molecule has 0 spiro atoms. The SMILES string of the molecule is C=CCCCC(=O)O[C@H](CNC(=O)[C@H](CC=C)CC(=O)NC1(CO)CCCC1)c1ccccc1. The van der Waals surface area contributed by atoms with Crippen molar-refractivity contribution in [1.82, 2.24) is 10.6 Å². The number of hydrogen-bond acceptors (Lipinski definition) is 5. The van der Waals surface area contributed by atoms with Gasteiger partial charge in [0.1, 0.15) is 6.10 Å². The van der Waals surface area contributed by atoms with Gasteiger partial charge in [-0.05, 0) is 37.7 Å². The van der Waals surface area contributed by atoms with Gasteiger partial charge in [-0.1, -0.05) is 55.3 Å². The van der Waals surface area contributed by atoms with Gasteiger partial charge in [0.2, 0.25) is 11.8 Å². The van der Waals surface area contributed by atoms with E-state index in [1.807, 2.05) is 30.3 Å². The minimum absolute atomic E-state index is 0.00303. The van der Waals surface area contributed by atoms with E-state index in [1.165, 1.54) is 0 Å². The second-order valence-corrected chi connectivity index (χ2v) is 8.93. The van der Waals surface area contributed by atoms with Crippen molar-refractivity contribution in [3.05, 3.63) is 61.2 Å². The maximum absolute atomic E-state index is 12.9. The van der Waals surface area contributed by atoms with Crippen molar-refractivity contribution in [3.8, 4) is 0 Å². The second kappa shape index (κ2) is 14.4. The van der Waals surface area contributed by atoms with Crippen LogP contribution in [0, 0.1) is 5.92 Å². The Hall–Kier alpha value is -2.93. The third-order valence-electron chi connectivity index (χ3n) is 6.22. The Morgan fingerprint density at radius 2 is 1.82 bits per heavy atom. The van der Waals surface area contributed by atoms with Gasteiger partial charge in [0.05, 0.1) is 24.6 Å². The molecule has 0 bridgehead atoms. The lowest BCUT2D eigenvalue weighted by Gasteiger charge is -2.29. The van der Waals surface area contributed by atoms with Crippen molar-refractivity contribution >= 4 is 17.8 Å². The van der Waals surface area contributed by atoms with Gasteiger partial charge in [-0.2, -0.15) is 0 Å². The lowest BCUT2D eigenvalue weighted by Crippen LogP contribution is -2.50. The number of nitrogens with one attached hydrogen (secondary N) is 2. The zero-order chi connectivity index (χ0) is 24.8. The number of allylic oxidation sites excluding steroid dienone is 2. The Morgan fingerprint density at radius 3 is 2.44 bits per heavy atom. The molecule has 0 radical (unpaired) electrons. The van der Waals surface area contributed by atoms with E-state index in [0.29, 0.717) is 12.8 Å². The standard InChI is InChI=1S/C27H38N2O5/c1-3-5-7-15-25(32)34-23(21-13-8-6-9-14-21)19-28-26(33)22(12-4-2)18-24(31)29-27(20-30)16-10-11-17-27/h3-4,6,8-9,13-14,22-23,30H,1-2,5,7,10-12,15-20H2,(H,28,33)(H,29,31)/t22-,23-/m1/s1. The highest BCUT2D eigenvalue weighted by molar-refractivity contribution is 5.86. The first kappa shape index (κ1) is 27.3. The van der Waals surface area contributed by atoms with Gasteiger partial charge in [-0.25, -0.2) is 0 Å². The Kier molecular flexibility index (Phi) is 11.5. The number of ether oxygens (including phenoxy) is 1. The molecule has 1 aliphatic rings. The molecule has 0 heterocycles. The van der Waals surface area contributed by atoms with Gasteiger partial charge in [0.25, 0.3) is 0 Å². The van der Waals surface area contributed by atoms with Crippen LogP contribution in [0.15, 0.2) is 55.6 Å². The fourth-order valence-corrected chi connectivity index (χ4v) is 4.27. The van der Waals surface area contributed by atoms with Crippen LogP contribution in [0.4, 0.5) is 0 Å². The molecular weight excluding hydrogens is 432 g/mol. The third kappa shape index (κ3) is 8.78. The Labute approximate surface area is 202 Å². The molecule has 1 aliphatic carbocycles. The Morgan fingerprint density at radius 1 is 1.12 bits per heavy atom. The smallest absolute Gasteiger partial charge is 0.306 e. The number of aliphatic hydroxyl groups excluding tert-OH is 1. The fraction of sp³-hybridized carbons (Fsp3) is 0.519. The highest BCUT2D eigenvalue weighted by Gasteiger charge is 2.35. The van der Waals surface area contributed by atoms with E-state index >= 15 is 0 Å². The molecule has 1 saturated carbocycles. The Balaban J connectivity index is 1.98. The average molecular weight is 471 g/mol. The van der Waals surface area contributed by atoms with Gasteiger partial charge < -0.3 is 20.5 Å². The number of benzene rings is 1. The molecule has 3 N–H and O–H groups in total. The molecule has 1 aromatic rings. The summed E-state index contributed by atoms with van der Waals surface area (Å²) in [4.78, 5) is 37.9. The van der Waals surface area contributed by atoms with E-state index in [0.717, 1.165) is 37.7 Å². The minimum Gasteiger partial charge on any atom is -0.456 e. The lowest BCUT2D eigenvalue weighted by molar-refractivity contribution is -0.150. The summed E-state index contributed by atoms with van der Waals surface area (Å²) in [6.45, 7) is 7.37. The van der Waals surface area contributed by atoms with Crippen molar-refractivity contribution in [2.24, 2.45) is 5.92 Å². The molecule has 1 fully saturated rings. The molecular formula is C27H38N2O5. The summed E-state index contributed by atoms with van der Waals surface area (Å²) in [6, 6.07) is 9.26. The minimum atomic E-state index is -0.629. The monoisotopic (exact) mass is 470 g/mol. The zero-order valence-corrected chi connectivity index (χ0v) is 20.0. The molecule has 0 saturated heterocycles. The number of hydrogen-bond donors (Lipinski definition) is 3. The topological polar surface area (TPSA) is 105 Å². The zero-order valence-electron chi connectivity index (χ0n) is 20.0. The van der Waals surface area contributed by atoms with E-state index in [1.54, 1.807) is 12.2 Å². The summed E-state index contributed by atoms with van der Waals surface area (Å²) in [6.07, 6.45) is 8.14. The molecule has 7 heteroatoms. The van der Waals surface area contributed by atoms with Crippen LogP contribution in [0.3, 0.4) is 0 Å². The van der Waals surface area contributed by atoms with Crippen molar-refractivity contribution in [2.75, 3.05) is 13.2 Å². The first-order valence-corrected chi connectivity index (χ1v) is 12.1. The number of amides is 2. The summed E-state index contributed by atoms with van der Waals surface area (Å²) in [7, 11) is 0. The molecule has 1 aromatic carbocycles. The normalized spacial score (nSPS) is 16.1. The van der Waals surface area contributed by atoms with Crippen LogP contribution < -0.4 is 10.6 Å². The number of aliphatic hydroxyl groups is 1. The third-order valence-corrected chi connectivity index (χ3v) is 6.22. The van der Waals surface area contributed by atoms with Crippen LogP contribution in [-0.2, 0) is 19.1 Å². The van der Waals surface area contributed by atoms with Gasteiger partial charge in [0, 0.05) is 12.8 Å². The predicted molar refractivity (Wildman–Crippen MR) is 132 cm³/mol. The maximum Gasteiger partial charge on any atom is 0.306 e. The van der Waals surface area contributed by atoms with Crippen LogP contribution in [0.2, 0.25) is 0 Å². The summed E-state index contributed by atoms with van der Waals surface area (Å²) in [5.41, 5.74) is 0.203. The van der Waals surface area contributed by atoms with E-state index in [2.05, 4.69) is 23.8 Å². The summed E-state index contributed by atoms with van der Waals surface area (Å²) in [5, 5.41) is 15.5. The number of carbonyl (C=O) groups is 3. The predicted octanol–water partition coefficient (Wildman–Crippen LogP) is 3.75. The average Bonchev–Trinajstić information content (AvgIpc) is 3.30. The molecule has 186 valence electrons. The summed E-state index contributed by atoms with van der Waals surface area (Å²) in [5.74, 6) is -1.50. The molecule has 34 heavy (non-hydrogen) atoms. The molecule has 2 atom stereocenters. The van der Waals surface area contributed by atoms with Crippen LogP contribution >= 0.6 is 0 Å². The van der Waals surface area contributed by atoms with E-state index in [4.69, 9.17) is 4.74 Å². The van der Waals surface area contributed by atoms with Crippen molar-refractivity contribution in [1.29, 1.82) is 0 Å². The first-order chi connectivity index (χ1) is 16.4. The van der Waals surface area contributed by atoms with Gasteiger partial charge in [-0.3, -0.25) is 14.4 Å².